The zero-order valence-electron chi connectivity index (χ0n) is 19.1. The van der Waals surface area contributed by atoms with Crippen LogP contribution >= 0.6 is 0 Å². The average Bonchev–Trinajstić information content (AvgIpc) is 2.68. The van der Waals surface area contributed by atoms with Gasteiger partial charge in [-0.3, -0.25) is 0 Å². The highest BCUT2D eigenvalue weighted by Crippen LogP contribution is 2.12. The van der Waals surface area contributed by atoms with Crippen LogP contribution in [0.1, 0.15) is 93.6 Å². The molecule has 0 radical (unpaired) electrons. The van der Waals surface area contributed by atoms with Crippen LogP contribution in [0, 0.1) is 6.92 Å². The van der Waals surface area contributed by atoms with E-state index in [1.807, 2.05) is 53.7 Å². The van der Waals surface area contributed by atoms with Gasteiger partial charge in [-0.1, -0.05) is 80.9 Å². The Balaban J connectivity index is -0.000000146. The second-order valence-electron chi connectivity index (χ2n) is 4.63. The Kier molecular flexibility index (Phi) is 43.6. The molecule has 0 atom stereocenters. The maximum Gasteiger partial charge on any atom is 0.119 e. The normalized spacial score (nSPS) is 8.08. The molecule has 0 aliphatic heterocycles. The number of hydrogen-bond acceptors (Lipinski definition) is 2. The first-order valence-electron chi connectivity index (χ1n) is 10.5. The van der Waals surface area contributed by atoms with Crippen molar-refractivity contribution in [2.45, 2.75) is 94.9 Å². The van der Waals surface area contributed by atoms with Crippen molar-refractivity contribution in [1.29, 1.82) is 0 Å². The molecule has 1 aromatic carbocycles. The van der Waals surface area contributed by atoms with Crippen LogP contribution in [0.5, 0.6) is 5.75 Å². The minimum Gasteiger partial charge on any atom is -0.494 e. The van der Waals surface area contributed by atoms with E-state index in [4.69, 9.17) is 9.47 Å². The van der Waals surface area contributed by atoms with Crippen LogP contribution in [0.15, 0.2) is 24.3 Å². The van der Waals surface area contributed by atoms with Gasteiger partial charge in [0.05, 0.1) is 6.61 Å². The van der Waals surface area contributed by atoms with Crippen LogP contribution in [-0.2, 0) is 4.74 Å². The van der Waals surface area contributed by atoms with Crippen LogP contribution in [0.2, 0.25) is 0 Å². The quantitative estimate of drug-likeness (QED) is 0.438. The van der Waals surface area contributed by atoms with Gasteiger partial charge in [-0.25, -0.2) is 0 Å². The summed E-state index contributed by atoms with van der Waals surface area (Å²) in [7, 11) is 0. The Morgan fingerprint density at radius 1 is 0.720 bits per heavy atom. The molecule has 152 valence electrons. The average molecular weight is 357 g/mol. The molecule has 0 fully saturated rings. The predicted octanol–water partition coefficient (Wildman–Crippen LogP) is 8.08. The first-order chi connectivity index (χ1) is 12.2. The lowest BCUT2D eigenvalue weighted by molar-refractivity contribution is 0.135. The lowest BCUT2D eigenvalue weighted by Gasteiger charge is -2.04. The van der Waals surface area contributed by atoms with Crippen molar-refractivity contribution in [2.24, 2.45) is 0 Å². The second kappa shape index (κ2) is 34.3. The monoisotopic (exact) mass is 356 g/mol. The molecule has 0 heterocycles. The third kappa shape index (κ3) is 31.3. The summed E-state index contributed by atoms with van der Waals surface area (Å²) in [5, 5.41) is 0. The third-order valence-corrected chi connectivity index (χ3v) is 2.45. The number of benzene rings is 1. The number of hydrogen-bond donors (Lipinski definition) is 0. The van der Waals surface area contributed by atoms with Crippen molar-refractivity contribution in [3.05, 3.63) is 29.8 Å². The van der Waals surface area contributed by atoms with E-state index in [9.17, 15) is 0 Å². The van der Waals surface area contributed by atoms with Gasteiger partial charge in [0.15, 0.2) is 0 Å². The maximum atomic E-state index is 5.53. The summed E-state index contributed by atoms with van der Waals surface area (Å²) in [5.41, 5.74) is 1.25. The second-order valence-corrected chi connectivity index (χ2v) is 4.63. The molecular weight excluding hydrogens is 308 g/mol. The largest absolute Gasteiger partial charge is 0.494 e. The molecule has 0 aliphatic rings. The molecule has 0 aliphatic carbocycles. The predicted molar refractivity (Wildman–Crippen MR) is 117 cm³/mol. The summed E-state index contributed by atoms with van der Waals surface area (Å²) in [6.07, 6.45) is 4.60. The Morgan fingerprint density at radius 3 is 1.64 bits per heavy atom. The summed E-state index contributed by atoms with van der Waals surface area (Å²) < 4.78 is 10.7. The Morgan fingerprint density at radius 2 is 1.24 bits per heavy atom. The van der Waals surface area contributed by atoms with Gasteiger partial charge in [-0.2, -0.15) is 0 Å². The Bertz CT molecular complexity index is 294. The van der Waals surface area contributed by atoms with Crippen LogP contribution in [0.3, 0.4) is 0 Å². The highest BCUT2D eigenvalue weighted by Gasteiger charge is 1.91. The number of rotatable bonds is 8. The van der Waals surface area contributed by atoms with Crippen molar-refractivity contribution >= 4 is 0 Å². The van der Waals surface area contributed by atoms with E-state index < -0.39 is 0 Å². The SMILES string of the molecule is CC.CC.CC.CCCCOc1cccc(C)c1.CCCOCCC. The Labute approximate surface area is 160 Å². The fourth-order valence-electron chi connectivity index (χ4n) is 1.43. The molecule has 0 N–H and O–H groups in total. The van der Waals surface area contributed by atoms with Crippen molar-refractivity contribution in [3.63, 3.8) is 0 Å². The molecule has 0 saturated heterocycles. The molecule has 0 spiro atoms. The number of ether oxygens (including phenoxy) is 2. The first kappa shape index (κ1) is 31.7. The zero-order valence-corrected chi connectivity index (χ0v) is 19.1. The molecule has 0 amide bonds. The molecule has 0 aromatic heterocycles. The molecule has 2 nitrogen and oxygen atoms in total. The lowest BCUT2D eigenvalue weighted by atomic mass is 10.2. The lowest BCUT2D eigenvalue weighted by Crippen LogP contribution is -1.96. The van der Waals surface area contributed by atoms with E-state index in [-0.39, 0.29) is 0 Å². The molecule has 0 unspecified atom stereocenters. The summed E-state index contributed by atoms with van der Waals surface area (Å²) in [4.78, 5) is 0. The van der Waals surface area contributed by atoms with Crippen LogP contribution in [0.4, 0.5) is 0 Å². The fourth-order valence-corrected chi connectivity index (χ4v) is 1.43. The minimum atomic E-state index is 0.833. The van der Waals surface area contributed by atoms with Gasteiger partial charge in [0, 0.05) is 13.2 Å². The molecule has 0 saturated carbocycles. The molecule has 0 bridgehead atoms. The fraction of sp³-hybridized carbons (Fsp3) is 0.739. The summed E-state index contributed by atoms with van der Waals surface area (Å²) in [6, 6.07) is 8.17. The van der Waals surface area contributed by atoms with Crippen molar-refractivity contribution in [2.75, 3.05) is 19.8 Å². The van der Waals surface area contributed by atoms with Crippen LogP contribution in [-0.4, -0.2) is 19.8 Å². The van der Waals surface area contributed by atoms with E-state index in [1.165, 1.54) is 12.0 Å². The molecule has 1 aromatic rings. The Hall–Kier alpha value is -1.02. The smallest absolute Gasteiger partial charge is 0.119 e. The topological polar surface area (TPSA) is 18.5 Å². The van der Waals surface area contributed by atoms with Crippen molar-refractivity contribution < 1.29 is 9.47 Å². The van der Waals surface area contributed by atoms with Gasteiger partial charge in [0.2, 0.25) is 0 Å². The van der Waals surface area contributed by atoms with E-state index in [0.717, 1.165) is 44.8 Å². The minimum absolute atomic E-state index is 0.833. The highest BCUT2D eigenvalue weighted by molar-refractivity contribution is 5.27. The molecular formula is C23H48O2. The third-order valence-electron chi connectivity index (χ3n) is 2.45. The zero-order chi connectivity index (χ0) is 20.3. The number of unbranched alkanes of at least 4 members (excludes halogenated alkanes) is 1. The van der Waals surface area contributed by atoms with E-state index in [2.05, 4.69) is 39.8 Å². The van der Waals surface area contributed by atoms with Crippen molar-refractivity contribution in [1.82, 2.24) is 0 Å². The first-order valence-corrected chi connectivity index (χ1v) is 10.5. The summed E-state index contributed by atoms with van der Waals surface area (Å²) in [6.45, 7) is 23.2. The summed E-state index contributed by atoms with van der Waals surface area (Å²) >= 11 is 0. The molecule has 2 heteroatoms. The molecule has 1 rings (SSSR count). The van der Waals surface area contributed by atoms with Gasteiger partial charge in [0.1, 0.15) is 5.75 Å². The van der Waals surface area contributed by atoms with E-state index in [1.54, 1.807) is 0 Å². The van der Waals surface area contributed by atoms with Gasteiger partial charge in [0.25, 0.3) is 0 Å². The van der Waals surface area contributed by atoms with Gasteiger partial charge in [-0.15, -0.1) is 0 Å². The van der Waals surface area contributed by atoms with Crippen LogP contribution < -0.4 is 4.74 Å². The van der Waals surface area contributed by atoms with Gasteiger partial charge >= 0.3 is 0 Å². The number of aryl methyl sites for hydroxylation is 1. The van der Waals surface area contributed by atoms with E-state index in [0.29, 0.717) is 0 Å². The maximum absolute atomic E-state index is 5.53. The van der Waals surface area contributed by atoms with Gasteiger partial charge in [-0.05, 0) is 43.9 Å². The standard InChI is InChI=1S/C11H16O.C6H14O.3C2H6/c1-3-4-8-12-11-7-5-6-10(2)9-11;1-3-5-7-6-4-2;3*1-2/h5-7,9H,3-4,8H2,1-2H3;3-6H2,1-2H3;3*1-2H3. The van der Waals surface area contributed by atoms with Crippen molar-refractivity contribution in [3.8, 4) is 5.75 Å². The summed E-state index contributed by atoms with van der Waals surface area (Å²) in [5.74, 6) is 0.989. The highest BCUT2D eigenvalue weighted by atomic mass is 16.5. The van der Waals surface area contributed by atoms with Crippen LogP contribution in [0.25, 0.3) is 0 Å². The van der Waals surface area contributed by atoms with Gasteiger partial charge < -0.3 is 9.47 Å². The van der Waals surface area contributed by atoms with E-state index >= 15 is 0 Å². The molecule has 25 heavy (non-hydrogen) atoms.